The summed E-state index contributed by atoms with van der Waals surface area (Å²) in [5, 5.41) is 0. The van der Waals surface area contributed by atoms with Crippen LogP contribution in [0.3, 0.4) is 0 Å². The van der Waals surface area contributed by atoms with Crippen molar-refractivity contribution in [1.29, 1.82) is 0 Å². The molecule has 1 aromatic rings. The predicted octanol–water partition coefficient (Wildman–Crippen LogP) is 2.41. The van der Waals surface area contributed by atoms with Crippen LogP contribution >= 0.6 is 0 Å². The van der Waals surface area contributed by atoms with E-state index >= 15 is 0 Å². The van der Waals surface area contributed by atoms with Crippen molar-refractivity contribution in [3.63, 3.8) is 0 Å². The zero-order valence-corrected chi connectivity index (χ0v) is 15.5. The summed E-state index contributed by atoms with van der Waals surface area (Å²) in [6.45, 7) is 6.25. The van der Waals surface area contributed by atoms with Gasteiger partial charge >= 0.3 is 0 Å². The number of nitrogens with zero attached hydrogens (tertiary/aromatic N) is 5. The molecule has 6 nitrogen and oxygen atoms in total. The van der Waals surface area contributed by atoms with Crippen molar-refractivity contribution in [2.24, 2.45) is 0 Å². The second-order valence-corrected chi connectivity index (χ2v) is 7.29. The van der Waals surface area contributed by atoms with Crippen LogP contribution in [-0.2, 0) is 0 Å². The van der Waals surface area contributed by atoms with Gasteiger partial charge < -0.3 is 14.7 Å². The van der Waals surface area contributed by atoms with Gasteiger partial charge in [0.1, 0.15) is 11.5 Å². The zero-order valence-electron chi connectivity index (χ0n) is 15.5. The van der Waals surface area contributed by atoms with E-state index in [0.717, 1.165) is 51.3 Å². The number of carbonyl (C=O) groups excluding carboxylic acids is 1. The molecule has 1 amide bonds. The van der Waals surface area contributed by atoms with Gasteiger partial charge in [0.05, 0.1) is 12.4 Å². The highest BCUT2D eigenvalue weighted by atomic mass is 16.2. The topological polar surface area (TPSA) is 52.6 Å². The molecule has 0 spiro atoms. The minimum absolute atomic E-state index is 0.0183. The molecule has 25 heavy (non-hydrogen) atoms. The summed E-state index contributed by atoms with van der Waals surface area (Å²) in [6.07, 6.45) is 12.1. The van der Waals surface area contributed by atoms with Gasteiger partial charge in [0, 0.05) is 26.7 Å². The van der Waals surface area contributed by atoms with Crippen molar-refractivity contribution in [2.45, 2.75) is 44.9 Å². The molecule has 0 N–H and O–H groups in total. The monoisotopic (exact) mass is 345 g/mol. The first-order chi connectivity index (χ1) is 12.2. The second kappa shape index (κ2) is 9.13. The Morgan fingerprint density at radius 2 is 1.72 bits per heavy atom. The molecule has 0 aromatic carbocycles. The van der Waals surface area contributed by atoms with Crippen molar-refractivity contribution >= 4 is 11.7 Å². The fourth-order valence-electron chi connectivity index (χ4n) is 3.73. The van der Waals surface area contributed by atoms with E-state index in [0.29, 0.717) is 5.69 Å². The Hall–Kier alpha value is -1.69. The molecule has 2 aliphatic rings. The Bertz CT molecular complexity index is 551. The molecule has 0 unspecified atom stereocenters. The van der Waals surface area contributed by atoms with Gasteiger partial charge in [-0.25, -0.2) is 4.98 Å². The summed E-state index contributed by atoms with van der Waals surface area (Å²) in [5.74, 6) is 0.811. The highest BCUT2D eigenvalue weighted by molar-refractivity contribution is 5.92. The van der Waals surface area contributed by atoms with Crippen LogP contribution in [0.5, 0.6) is 0 Å². The normalized spacial score (nSPS) is 19.0. The molecule has 2 saturated heterocycles. The van der Waals surface area contributed by atoms with Gasteiger partial charge in [-0.2, -0.15) is 0 Å². The van der Waals surface area contributed by atoms with Gasteiger partial charge in [0.15, 0.2) is 0 Å². The van der Waals surface area contributed by atoms with Crippen LogP contribution < -0.4 is 4.90 Å². The summed E-state index contributed by atoms with van der Waals surface area (Å²) in [4.78, 5) is 27.9. The molecule has 0 bridgehead atoms. The standard InChI is InChI=1S/C19H31N5O/c1-22(9-8-12-23-10-4-2-3-5-11-23)18-16-20-15-17(21-18)19(25)24-13-6-7-14-24/h15-16H,2-14H2,1H3. The molecule has 2 aliphatic heterocycles. The number of anilines is 1. The second-order valence-electron chi connectivity index (χ2n) is 7.29. The van der Waals surface area contributed by atoms with Gasteiger partial charge in [-0.15, -0.1) is 0 Å². The summed E-state index contributed by atoms with van der Waals surface area (Å²) < 4.78 is 0. The van der Waals surface area contributed by atoms with Gasteiger partial charge in [-0.3, -0.25) is 9.78 Å². The van der Waals surface area contributed by atoms with Gasteiger partial charge in [-0.1, -0.05) is 12.8 Å². The van der Waals surface area contributed by atoms with Gasteiger partial charge in [0.25, 0.3) is 5.91 Å². The number of rotatable bonds is 6. The molecule has 1 aromatic heterocycles. The first-order valence-corrected chi connectivity index (χ1v) is 9.79. The maximum Gasteiger partial charge on any atom is 0.274 e. The third-order valence-corrected chi connectivity index (χ3v) is 5.29. The Kier molecular flexibility index (Phi) is 6.62. The fraction of sp³-hybridized carbons (Fsp3) is 0.737. The highest BCUT2D eigenvalue weighted by Gasteiger charge is 2.21. The molecule has 0 atom stereocenters. The number of hydrogen-bond donors (Lipinski definition) is 0. The summed E-state index contributed by atoms with van der Waals surface area (Å²) >= 11 is 0. The van der Waals surface area contributed by atoms with Crippen molar-refractivity contribution in [2.75, 3.05) is 51.2 Å². The molecule has 2 fully saturated rings. The molecule has 6 heteroatoms. The van der Waals surface area contributed by atoms with Crippen molar-refractivity contribution < 1.29 is 4.79 Å². The molecule has 3 heterocycles. The lowest BCUT2D eigenvalue weighted by Gasteiger charge is -2.23. The number of likely N-dealkylation sites (tertiary alicyclic amines) is 2. The number of hydrogen-bond acceptors (Lipinski definition) is 5. The Labute approximate surface area is 151 Å². The Morgan fingerprint density at radius 1 is 1.04 bits per heavy atom. The van der Waals surface area contributed by atoms with Gasteiger partial charge in [-0.05, 0) is 51.7 Å². The first kappa shape index (κ1) is 18.1. The van der Waals surface area contributed by atoms with Crippen LogP contribution in [0.2, 0.25) is 0 Å². The van der Waals surface area contributed by atoms with E-state index in [9.17, 15) is 4.79 Å². The van der Waals surface area contributed by atoms with E-state index in [2.05, 4.69) is 19.8 Å². The summed E-state index contributed by atoms with van der Waals surface area (Å²) in [7, 11) is 2.04. The van der Waals surface area contributed by atoms with Crippen molar-refractivity contribution in [1.82, 2.24) is 19.8 Å². The zero-order chi connectivity index (χ0) is 17.5. The third-order valence-electron chi connectivity index (χ3n) is 5.29. The molecule has 0 saturated carbocycles. The van der Waals surface area contributed by atoms with Crippen LogP contribution in [0.4, 0.5) is 5.82 Å². The Balaban J connectivity index is 1.50. The minimum atomic E-state index is 0.0183. The highest BCUT2D eigenvalue weighted by Crippen LogP contribution is 2.14. The van der Waals surface area contributed by atoms with E-state index < -0.39 is 0 Å². The molecule has 0 radical (unpaired) electrons. The van der Waals surface area contributed by atoms with Gasteiger partial charge in [0.2, 0.25) is 0 Å². The molecule has 138 valence electrons. The smallest absolute Gasteiger partial charge is 0.274 e. The van der Waals surface area contributed by atoms with Crippen molar-refractivity contribution in [3.8, 4) is 0 Å². The van der Waals surface area contributed by atoms with Crippen LogP contribution in [0.1, 0.15) is 55.4 Å². The van der Waals surface area contributed by atoms with Crippen LogP contribution in [-0.4, -0.2) is 72.0 Å². The van der Waals surface area contributed by atoms with Crippen LogP contribution in [0.25, 0.3) is 0 Å². The summed E-state index contributed by atoms with van der Waals surface area (Å²) in [6, 6.07) is 0. The molecule has 3 rings (SSSR count). The largest absolute Gasteiger partial charge is 0.358 e. The summed E-state index contributed by atoms with van der Waals surface area (Å²) in [5.41, 5.74) is 0.471. The third kappa shape index (κ3) is 5.14. The van der Waals surface area contributed by atoms with Crippen molar-refractivity contribution in [3.05, 3.63) is 18.1 Å². The first-order valence-electron chi connectivity index (χ1n) is 9.79. The van der Waals surface area contributed by atoms with E-state index in [1.165, 1.54) is 38.8 Å². The molecular formula is C19H31N5O. The maximum atomic E-state index is 12.5. The fourth-order valence-corrected chi connectivity index (χ4v) is 3.73. The average molecular weight is 345 g/mol. The minimum Gasteiger partial charge on any atom is -0.358 e. The molecule has 0 aliphatic carbocycles. The lowest BCUT2D eigenvalue weighted by atomic mass is 10.2. The predicted molar refractivity (Wildman–Crippen MR) is 100.0 cm³/mol. The maximum absolute atomic E-state index is 12.5. The van der Waals surface area contributed by atoms with Crippen LogP contribution in [0.15, 0.2) is 12.4 Å². The lowest BCUT2D eigenvalue weighted by molar-refractivity contribution is 0.0786. The van der Waals surface area contributed by atoms with E-state index in [1.54, 1.807) is 12.4 Å². The number of aromatic nitrogens is 2. The quantitative estimate of drug-likeness (QED) is 0.792. The average Bonchev–Trinajstić information content (AvgIpc) is 3.06. The Morgan fingerprint density at radius 3 is 2.44 bits per heavy atom. The number of amides is 1. The van der Waals surface area contributed by atoms with Crippen LogP contribution in [0, 0.1) is 0 Å². The number of carbonyl (C=O) groups is 1. The van der Waals surface area contributed by atoms with E-state index in [-0.39, 0.29) is 5.91 Å². The van der Waals surface area contributed by atoms with E-state index in [1.807, 2.05) is 11.9 Å². The molecular weight excluding hydrogens is 314 g/mol. The van der Waals surface area contributed by atoms with E-state index in [4.69, 9.17) is 0 Å². The lowest BCUT2D eigenvalue weighted by Crippen LogP contribution is -2.31. The SMILES string of the molecule is CN(CCCN1CCCCCC1)c1cncc(C(=O)N2CCCC2)n1.